The summed E-state index contributed by atoms with van der Waals surface area (Å²) in [6, 6.07) is 6.90. The molecular formula is C13H14F3IS. The van der Waals surface area contributed by atoms with Crippen molar-refractivity contribution in [2.75, 3.05) is 0 Å². The Morgan fingerprint density at radius 2 is 1.89 bits per heavy atom. The lowest BCUT2D eigenvalue weighted by Gasteiger charge is -2.35. The SMILES string of the molecule is CCCCC1=Cc2ccccc2S1(I)C(F)(F)F. The molecule has 1 heterocycles. The van der Waals surface area contributed by atoms with Gasteiger partial charge in [0.2, 0.25) is 0 Å². The van der Waals surface area contributed by atoms with Crippen molar-refractivity contribution < 1.29 is 13.2 Å². The molecule has 0 saturated heterocycles. The molecule has 100 valence electrons. The number of allylic oxidation sites excluding steroid dienone is 1. The Kier molecular flexibility index (Phi) is 4.02. The first-order valence-corrected chi connectivity index (χ1v) is 9.97. The number of hydrogen-bond donors (Lipinski definition) is 0. The lowest BCUT2D eigenvalue weighted by Crippen LogP contribution is -2.15. The van der Waals surface area contributed by atoms with Crippen LogP contribution in [0.5, 0.6) is 0 Å². The van der Waals surface area contributed by atoms with E-state index in [-0.39, 0.29) is 0 Å². The van der Waals surface area contributed by atoms with E-state index in [1.54, 1.807) is 51.5 Å². The van der Waals surface area contributed by atoms with Gasteiger partial charge in [0.1, 0.15) is 0 Å². The second-order valence-electron chi connectivity index (χ2n) is 4.24. The maximum atomic E-state index is 13.5. The number of fused-ring (bicyclic) bond motifs is 1. The van der Waals surface area contributed by atoms with Crippen LogP contribution in [0.25, 0.3) is 6.08 Å². The molecular weight excluding hydrogens is 372 g/mol. The molecule has 1 aromatic carbocycles. The third kappa shape index (κ3) is 2.19. The monoisotopic (exact) mass is 386 g/mol. The van der Waals surface area contributed by atoms with Gasteiger partial charge in [-0.15, -0.1) is 0 Å². The van der Waals surface area contributed by atoms with Crippen LogP contribution in [0.15, 0.2) is 34.1 Å². The first-order chi connectivity index (χ1) is 8.41. The van der Waals surface area contributed by atoms with Gasteiger partial charge < -0.3 is 0 Å². The smallest absolute Gasteiger partial charge is 0.160 e. The van der Waals surface area contributed by atoms with Gasteiger partial charge >= 0.3 is 5.51 Å². The zero-order chi connectivity index (χ0) is 13.4. The lowest BCUT2D eigenvalue weighted by molar-refractivity contribution is -0.0353. The summed E-state index contributed by atoms with van der Waals surface area (Å²) in [6.45, 7) is 2.00. The standard InChI is InChI=1S/C13H14F3IS/c1-2-3-7-11-9-10-6-4-5-8-12(10)18(11,17)13(14,15)16/h4-6,8-9H,2-3,7H2,1H3. The predicted molar refractivity (Wildman–Crippen MR) is 79.9 cm³/mol. The zero-order valence-electron chi connectivity index (χ0n) is 9.93. The fraction of sp³-hybridized carbons (Fsp3) is 0.385. The normalized spacial score (nSPS) is 26.4. The molecule has 0 aliphatic carbocycles. The van der Waals surface area contributed by atoms with Gasteiger partial charge in [0.05, 0.1) is 0 Å². The number of benzene rings is 1. The number of unbranched alkanes of at least 4 members (excludes halogenated alkanes) is 1. The minimum Gasteiger partial charge on any atom is -0.160 e. The minimum atomic E-state index is -4.17. The Morgan fingerprint density at radius 1 is 1.22 bits per heavy atom. The number of halogens is 4. The molecule has 1 atom stereocenters. The van der Waals surface area contributed by atoms with Crippen LogP contribution in [0.2, 0.25) is 0 Å². The first-order valence-electron chi connectivity index (χ1n) is 5.80. The molecule has 0 N–H and O–H groups in total. The average molecular weight is 386 g/mol. The maximum absolute atomic E-state index is 13.5. The summed E-state index contributed by atoms with van der Waals surface area (Å²) in [6.07, 6.45) is 4.02. The number of hydrogen-bond acceptors (Lipinski definition) is 0. The molecule has 0 amide bonds. The van der Waals surface area contributed by atoms with E-state index in [4.69, 9.17) is 0 Å². The summed E-state index contributed by atoms with van der Waals surface area (Å²) in [5, 5.41) is 0. The highest BCUT2D eigenvalue weighted by molar-refractivity contribution is 14.2. The van der Waals surface area contributed by atoms with Crippen molar-refractivity contribution in [3.63, 3.8) is 0 Å². The fourth-order valence-electron chi connectivity index (χ4n) is 2.09. The molecule has 0 radical (unpaired) electrons. The van der Waals surface area contributed by atoms with Gasteiger partial charge in [0.15, 0.2) is 0 Å². The highest BCUT2D eigenvalue weighted by Gasteiger charge is 2.54. The molecule has 0 nitrogen and oxygen atoms in total. The molecule has 0 spiro atoms. The molecule has 1 aliphatic rings. The van der Waals surface area contributed by atoms with Crippen LogP contribution in [0.3, 0.4) is 0 Å². The Balaban J connectivity index is 2.49. The number of alkyl halides is 3. The molecule has 0 fully saturated rings. The molecule has 2 rings (SSSR count). The first kappa shape index (κ1) is 14.2. The van der Waals surface area contributed by atoms with Crippen LogP contribution in [0, 0.1) is 0 Å². The van der Waals surface area contributed by atoms with Gasteiger partial charge in [-0.05, 0) is 63.9 Å². The lowest BCUT2D eigenvalue weighted by atomic mass is 10.2. The van der Waals surface area contributed by atoms with E-state index in [1.807, 2.05) is 6.92 Å². The van der Waals surface area contributed by atoms with Gasteiger partial charge in [-0.2, -0.15) is 13.2 Å². The molecule has 1 unspecified atom stereocenters. The fourth-order valence-corrected chi connectivity index (χ4v) is 6.60. The largest absolute Gasteiger partial charge is 0.441 e. The summed E-state index contributed by atoms with van der Waals surface area (Å²) in [5.74, 6) is 0. The van der Waals surface area contributed by atoms with E-state index in [2.05, 4.69) is 0 Å². The highest BCUT2D eigenvalue weighted by atomic mass is 127. The van der Waals surface area contributed by atoms with Gasteiger partial charge in [-0.3, -0.25) is 0 Å². The van der Waals surface area contributed by atoms with E-state index in [0.717, 1.165) is 18.4 Å². The zero-order valence-corrected chi connectivity index (χ0v) is 12.9. The topological polar surface area (TPSA) is 0 Å². The molecule has 5 heteroatoms. The van der Waals surface area contributed by atoms with E-state index >= 15 is 0 Å². The van der Waals surface area contributed by atoms with Crippen LogP contribution in [0.1, 0.15) is 31.7 Å². The molecule has 0 bridgehead atoms. The summed E-state index contributed by atoms with van der Waals surface area (Å²) < 4.78 is 40.5. The van der Waals surface area contributed by atoms with E-state index < -0.39 is 12.7 Å². The third-order valence-corrected chi connectivity index (χ3v) is 10.3. The van der Waals surface area contributed by atoms with Crippen LogP contribution in [-0.2, 0) is 0 Å². The Bertz CT molecular complexity index is 481. The minimum absolute atomic E-state index is 0.462. The Labute approximate surface area is 119 Å². The van der Waals surface area contributed by atoms with Crippen molar-refractivity contribution in [3.05, 3.63) is 34.7 Å². The van der Waals surface area contributed by atoms with Crippen LogP contribution in [-0.4, -0.2) is 5.51 Å². The van der Waals surface area contributed by atoms with Crippen molar-refractivity contribution in [3.8, 4) is 0 Å². The summed E-state index contributed by atoms with van der Waals surface area (Å²) in [7, 11) is -2.86. The summed E-state index contributed by atoms with van der Waals surface area (Å²) in [4.78, 5) is 1.03. The molecule has 1 aromatic rings. The second kappa shape index (κ2) is 5.07. The summed E-state index contributed by atoms with van der Waals surface area (Å²) >= 11 is 1.66. The predicted octanol–water partition coefficient (Wildman–Crippen LogP) is 6.26. The second-order valence-corrected chi connectivity index (χ2v) is 10.7. The van der Waals surface area contributed by atoms with Crippen LogP contribution in [0.4, 0.5) is 13.2 Å². The molecule has 0 saturated carbocycles. The van der Waals surface area contributed by atoms with Gasteiger partial charge in [-0.1, -0.05) is 31.5 Å². The van der Waals surface area contributed by atoms with Crippen molar-refractivity contribution in [2.45, 2.75) is 36.6 Å². The Hall–Kier alpha value is -0.170. The molecule has 18 heavy (non-hydrogen) atoms. The van der Waals surface area contributed by atoms with E-state index in [1.165, 1.54) is 0 Å². The van der Waals surface area contributed by atoms with Gasteiger partial charge in [0, 0.05) is 4.90 Å². The maximum Gasteiger partial charge on any atom is 0.441 e. The molecule has 1 aliphatic heterocycles. The van der Waals surface area contributed by atoms with Crippen molar-refractivity contribution in [2.24, 2.45) is 0 Å². The van der Waals surface area contributed by atoms with Crippen molar-refractivity contribution in [1.29, 1.82) is 0 Å². The quantitative estimate of drug-likeness (QED) is 0.538. The Morgan fingerprint density at radius 3 is 2.50 bits per heavy atom. The summed E-state index contributed by atoms with van der Waals surface area (Å²) in [5.41, 5.74) is -3.43. The molecule has 0 aromatic heterocycles. The highest BCUT2D eigenvalue weighted by Crippen LogP contribution is 2.82. The van der Waals surface area contributed by atoms with E-state index in [0.29, 0.717) is 16.2 Å². The van der Waals surface area contributed by atoms with Crippen molar-refractivity contribution in [1.82, 2.24) is 0 Å². The van der Waals surface area contributed by atoms with Crippen LogP contribution >= 0.6 is 28.4 Å². The average Bonchev–Trinajstić information content (AvgIpc) is 2.61. The van der Waals surface area contributed by atoms with E-state index in [9.17, 15) is 13.2 Å². The number of rotatable bonds is 3. The van der Waals surface area contributed by atoms with Crippen LogP contribution < -0.4 is 0 Å². The van der Waals surface area contributed by atoms with Gasteiger partial charge in [-0.25, -0.2) is 0 Å². The van der Waals surface area contributed by atoms with Crippen molar-refractivity contribution >= 4 is 34.5 Å². The third-order valence-electron chi connectivity index (χ3n) is 3.00. The van der Waals surface area contributed by atoms with Gasteiger partial charge in [0.25, 0.3) is 0 Å².